The summed E-state index contributed by atoms with van der Waals surface area (Å²) < 4.78 is 6.34. The Labute approximate surface area is 237 Å². The third-order valence-electron chi connectivity index (χ3n) is 6.58. The number of hydrogen-bond acceptors (Lipinski definition) is 4. The van der Waals surface area contributed by atoms with Crippen LogP contribution in [0.4, 0.5) is 5.69 Å². The van der Waals surface area contributed by atoms with Crippen molar-refractivity contribution >= 4 is 52.1 Å². The highest BCUT2D eigenvalue weighted by atomic mass is 35.5. The fourth-order valence-electron chi connectivity index (χ4n) is 4.61. The molecule has 3 heterocycles. The fraction of sp³-hybridized carbons (Fsp3) is 0.207. The Hall–Kier alpha value is -3.39. The van der Waals surface area contributed by atoms with Crippen LogP contribution in [0.3, 0.4) is 0 Å². The van der Waals surface area contributed by atoms with Crippen LogP contribution in [0.1, 0.15) is 41.1 Å². The molecule has 0 aliphatic carbocycles. The Balaban J connectivity index is 1.42. The topological polar surface area (TPSA) is 70.4 Å². The number of nitrogens with one attached hydrogen (secondary N) is 2. The minimum Gasteiger partial charge on any atom is -0.459 e. The van der Waals surface area contributed by atoms with Gasteiger partial charge in [0.1, 0.15) is 17.6 Å². The van der Waals surface area contributed by atoms with Crippen LogP contribution in [0.25, 0.3) is 11.3 Å². The number of thiocarbonyl (C=S) groups is 1. The molecule has 2 atom stereocenters. The zero-order valence-electron chi connectivity index (χ0n) is 20.9. The summed E-state index contributed by atoms with van der Waals surface area (Å²) in [5.74, 6) is 1.18. The van der Waals surface area contributed by atoms with Crippen molar-refractivity contribution in [1.29, 1.82) is 0 Å². The van der Waals surface area contributed by atoms with Crippen LogP contribution >= 0.6 is 35.4 Å². The monoisotopic (exact) mass is 564 g/mol. The van der Waals surface area contributed by atoms with Crippen molar-refractivity contribution < 1.29 is 9.21 Å². The lowest BCUT2D eigenvalue weighted by Gasteiger charge is -2.26. The molecule has 2 aromatic carbocycles. The van der Waals surface area contributed by atoms with Crippen molar-refractivity contribution in [2.45, 2.75) is 32.4 Å². The maximum Gasteiger partial charge on any atom is 0.226 e. The SMILES string of the molecule is Cc1ccc(C)c(NC(=O)CCN2C(=S)N[C@H](c3ccccn3)[C@H]2c2ccc(-c3cccc(Cl)c3Cl)o2)c1. The van der Waals surface area contributed by atoms with Crippen LogP contribution in [0.2, 0.25) is 10.0 Å². The van der Waals surface area contributed by atoms with Crippen molar-refractivity contribution in [1.82, 2.24) is 15.2 Å². The fourth-order valence-corrected chi connectivity index (χ4v) is 5.34. The van der Waals surface area contributed by atoms with E-state index >= 15 is 0 Å². The van der Waals surface area contributed by atoms with Gasteiger partial charge in [-0.3, -0.25) is 9.78 Å². The molecule has 38 heavy (non-hydrogen) atoms. The molecule has 0 bridgehead atoms. The average molecular weight is 566 g/mol. The molecule has 194 valence electrons. The molecular weight excluding hydrogens is 539 g/mol. The predicted molar refractivity (Wildman–Crippen MR) is 155 cm³/mol. The number of carbonyl (C=O) groups is 1. The van der Waals surface area contributed by atoms with Gasteiger partial charge in [0.25, 0.3) is 0 Å². The second-order valence-corrected chi connectivity index (χ2v) is 10.4. The van der Waals surface area contributed by atoms with E-state index in [1.54, 1.807) is 12.3 Å². The number of amides is 1. The number of benzene rings is 2. The molecule has 0 radical (unpaired) electrons. The predicted octanol–water partition coefficient (Wildman–Crippen LogP) is 7.27. The van der Waals surface area contributed by atoms with Crippen molar-refractivity contribution in [2.24, 2.45) is 0 Å². The maximum absolute atomic E-state index is 12.9. The van der Waals surface area contributed by atoms with E-state index in [4.69, 9.17) is 39.8 Å². The summed E-state index contributed by atoms with van der Waals surface area (Å²) in [6.45, 7) is 4.37. The van der Waals surface area contributed by atoms with Crippen LogP contribution in [0, 0.1) is 13.8 Å². The summed E-state index contributed by atoms with van der Waals surface area (Å²) in [4.78, 5) is 19.5. The van der Waals surface area contributed by atoms with E-state index in [0.717, 1.165) is 22.5 Å². The molecule has 6 nitrogen and oxygen atoms in total. The Morgan fingerprint density at radius 3 is 2.74 bits per heavy atom. The van der Waals surface area contributed by atoms with E-state index in [9.17, 15) is 4.79 Å². The van der Waals surface area contributed by atoms with Crippen LogP contribution < -0.4 is 10.6 Å². The minimum atomic E-state index is -0.322. The molecule has 0 unspecified atom stereocenters. The molecule has 2 N–H and O–H groups in total. The summed E-state index contributed by atoms with van der Waals surface area (Å²) in [5.41, 5.74) is 4.43. The Kier molecular flexibility index (Phi) is 7.70. The van der Waals surface area contributed by atoms with Gasteiger partial charge in [-0.2, -0.15) is 0 Å². The molecule has 0 saturated carbocycles. The van der Waals surface area contributed by atoms with Gasteiger partial charge in [0.2, 0.25) is 5.91 Å². The van der Waals surface area contributed by atoms with E-state index in [1.165, 1.54) is 0 Å². The first-order valence-corrected chi connectivity index (χ1v) is 13.4. The van der Waals surface area contributed by atoms with Gasteiger partial charge >= 0.3 is 0 Å². The number of carbonyl (C=O) groups excluding carboxylic acids is 1. The molecule has 2 aromatic heterocycles. The van der Waals surface area contributed by atoms with Gasteiger partial charge in [-0.1, -0.05) is 47.5 Å². The minimum absolute atomic E-state index is 0.0904. The average Bonchev–Trinajstić information content (AvgIpc) is 3.51. The Bertz CT molecular complexity index is 1490. The third-order valence-corrected chi connectivity index (χ3v) is 7.75. The van der Waals surface area contributed by atoms with Crippen LogP contribution in [-0.2, 0) is 4.79 Å². The maximum atomic E-state index is 12.9. The number of pyridine rings is 1. The van der Waals surface area contributed by atoms with E-state index in [1.807, 2.05) is 79.4 Å². The van der Waals surface area contributed by atoms with Gasteiger partial charge in [-0.25, -0.2) is 0 Å². The van der Waals surface area contributed by atoms with Crippen molar-refractivity contribution in [2.75, 3.05) is 11.9 Å². The van der Waals surface area contributed by atoms with E-state index in [-0.39, 0.29) is 24.4 Å². The number of rotatable bonds is 7. The molecule has 5 rings (SSSR count). The van der Waals surface area contributed by atoms with Crippen molar-refractivity contribution in [3.8, 4) is 11.3 Å². The number of aryl methyl sites for hydroxylation is 2. The second-order valence-electron chi connectivity index (χ2n) is 9.24. The number of furan rings is 1. The largest absolute Gasteiger partial charge is 0.459 e. The highest BCUT2D eigenvalue weighted by molar-refractivity contribution is 7.80. The highest BCUT2D eigenvalue weighted by Crippen LogP contribution is 2.42. The smallest absolute Gasteiger partial charge is 0.226 e. The standard InChI is InChI=1S/C29H26Cl2N4O2S/c1-17-9-10-18(2)22(16-17)33-25(36)13-15-35-28(27(34-29(35)38)21-8-3-4-14-32-21)24-12-11-23(37-24)19-6-5-7-20(30)26(19)31/h3-12,14,16,27-28H,13,15H2,1-2H3,(H,33,36)(H,34,38)/t27-,28-/m1/s1. The number of nitrogens with zero attached hydrogens (tertiary/aromatic N) is 2. The van der Waals surface area contributed by atoms with Crippen molar-refractivity contribution in [3.05, 3.63) is 106 Å². The van der Waals surface area contributed by atoms with Crippen LogP contribution in [0.15, 0.2) is 77.3 Å². The lowest BCUT2D eigenvalue weighted by atomic mass is 10.0. The number of halogens is 2. The lowest BCUT2D eigenvalue weighted by molar-refractivity contribution is -0.116. The molecule has 1 aliphatic rings. The zero-order valence-corrected chi connectivity index (χ0v) is 23.2. The van der Waals surface area contributed by atoms with Gasteiger partial charge in [0.05, 0.1) is 21.8 Å². The third kappa shape index (κ3) is 5.41. The molecule has 1 amide bonds. The van der Waals surface area contributed by atoms with Gasteiger partial charge in [-0.05, 0) is 79.7 Å². The van der Waals surface area contributed by atoms with E-state index < -0.39 is 0 Å². The van der Waals surface area contributed by atoms with Gasteiger partial charge in [-0.15, -0.1) is 0 Å². The highest BCUT2D eigenvalue weighted by Gasteiger charge is 2.41. The number of hydrogen-bond donors (Lipinski definition) is 2. The molecule has 1 fully saturated rings. The summed E-state index contributed by atoms with van der Waals surface area (Å²) in [6, 6.07) is 20.4. The van der Waals surface area contributed by atoms with E-state index in [0.29, 0.717) is 38.8 Å². The first-order chi connectivity index (χ1) is 18.3. The molecule has 4 aromatic rings. The normalized spacial score (nSPS) is 16.9. The first kappa shape index (κ1) is 26.2. The molecule has 0 spiro atoms. The van der Waals surface area contributed by atoms with Crippen LogP contribution in [-0.4, -0.2) is 27.4 Å². The van der Waals surface area contributed by atoms with Gasteiger partial charge in [0.15, 0.2) is 5.11 Å². The molecule has 1 aliphatic heterocycles. The first-order valence-electron chi connectivity index (χ1n) is 12.2. The van der Waals surface area contributed by atoms with Gasteiger partial charge in [0, 0.05) is 30.4 Å². The summed E-state index contributed by atoms with van der Waals surface area (Å²) >= 11 is 18.4. The Morgan fingerprint density at radius 2 is 1.95 bits per heavy atom. The number of anilines is 1. The summed E-state index contributed by atoms with van der Waals surface area (Å²) in [6.07, 6.45) is 1.99. The Morgan fingerprint density at radius 1 is 1.11 bits per heavy atom. The number of aromatic nitrogens is 1. The van der Waals surface area contributed by atoms with E-state index in [2.05, 4.69) is 15.6 Å². The second kappa shape index (κ2) is 11.2. The summed E-state index contributed by atoms with van der Waals surface area (Å²) in [5, 5.41) is 7.83. The van der Waals surface area contributed by atoms with Crippen LogP contribution in [0.5, 0.6) is 0 Å². The quantitative estimate of drug-likeness (QED) is 0.230. The van der Waals surface area contributed by atoms with Gasteiger partial charge < -0.3 is 20.0 Å². The molecule has 9 heteroatoms. The lowest BCUT2D eigenvalue weighted by Crippen LogP contribution is -2.32. The summed E-state index contributed by atoms with van der Waals surface area (Å²) in [7, 11) is 0. The van der Waals surface area contributed by atoms with Crippen molar-refractivity contribution in [3.63, 3.8) is 0 Å². The zero-order chi connectivity index (χ0) is 26.8. The molecule has 1 saturated heterocycles. The molecular formula is C29H26Cl2N4O2S.